The molecule has 0 fully saturated rings. The van der Waals surface area contributed by atoms with E-state index in [-0.39, 0.29) is 6.04 Å². The molecule has 2 rings (SSSR count). The normalized spacial score (nSPS) is 12.5. The average Bonchev–Trinajstić information content (AvgIpc) is 2.93. The predicted octanol–water partition coefficient (Wildman–Crippen LogP) is 3.89. The van der Waals surface area contributed by atoms with Gasteiger partial charge < -0.3 is 5.32 Å². The van der Waals surface area contributed by atoms with Crippen molar-refractivity contribution < 1.29 is 0 Å². The maximum atomic E-state index is 4.19. The Kier molecular flexibility index (Phi) is 6.73. The van der Waals surface area contributed by atoms with Crippen LogP contribution >= 0.6 is 27.7 Å². The minimum Gasteiger partial charge on any atom is -0.308 e. The van der Waals surface area contributed by atoms with E-state index in [0.717, 1.165) is 29.7 Å². The first-order chi connectivity index (χ1) is 10.3. The highest BCUT2D eigenvalue weighted by Gasteiger charge is 2.16. The summed E-state index contributed by atoms with van der Waals surface area (Å²) in [5.74, 6) is 0.952. The Hall–Kier alpha value is -0.850. The van der Waals surface area contributed by atoms with Gasteiger partial charge in [0.2, 0.25) is 0 Å². The molecule has 1 heterocycles. The van der Waals surface area contributed by atoms with E-state index in [0.29, 0.717) is 0 Å². The largest absolute Gasteiger partial charge is 0.308 e. The van der Waals surface area contributed by atoms with Crippen LogP contribution in [0.1, 0.15) is 32.0 Å². The molecule has 0 aliphatic carbocycles. The molecule has 1 aromatic carbocycles. The Morgan fingerprint density at radius 1 is 1.33 bits per heavy atom. The summed E-state index contributed by atoms with van der Waals surface area (Å²) in [6, 6.07) is 8.58. The van der Waals surface area contributed by atoms with Gasteiger partial charge in [-0.25, -0.2) is 4.68 Å². The van der Waals surface area contributed by atoms with Gasteiger partial charge in [-0.2, -0.15) is 0 Å². The Morgan fingerprint density at radius 3 is 2.86 bits per heavy atom. The zero-order chi connectivity index (χ0) is 15.1. The summed E-state index contributed by atoms with van der Waals surface area (Å²) in [6.07, 6.45) is 2.94. The lowest BCUT2D eigenvalue weighted by Gasteiger charge is -2.18. The van der Waals surface area contributed by atoms with Crippen LogP contribution in [0.5, 0.6) is 0 Å². The van der Waals surface area contributed by atoms with E-state index in [9.17, 15) is 0 Å². The first-order valence-corrected chi connectivity index (χ1v) is 9.03. The number of hydrogen-bond acceptors (Lipinski definition) is 4. The summed E-state index contributed by atoms with van der Waals surface area (Å²) in [5, 5.41) is 11.8. The molecule has 1 unspecified atom stereocenters. The fourth-order valence-electron chi connectivity index (χ4n) is 2.15. The quantitative estimate of drug-likeness (QED) is 0.717. The summed E-state index contributed by atoms with van der Waals surface area (Å²) in [6.45, 7) is 6.13. The van der Waals surface area contributed by atoms with Gasteiger partial charge in [-0.1, -0.05) is 31.2 Å². The van der Waals surface area contributed by atoms with Crippen molar-refractivity contribution >= 4 is 27.7 Å². The number of nitrogens with zero attached hydrogens (tertiary/aromatic N) is 3. The van der Waals surface area contributed by atoms with Gasteiger partial charge >= 0.3 is 0 Å². The highest BCUT2D eigenvalue weighted by atomic mass is 79.9. The molecule has 0 saturated heterocycles. The number of benzene rings is 1. The van der Waals surface area contributed by atoms with Crippen LogP contribution in [-0.2, 0) is 6.54 Å². The monoisotopic (exact) mass is 368 g/mol. The maximum Gasteiger partial charge on any atom is 0.0765 e. The van der Waals surface area contributed by atoms with E-state index in [2.05, 4.69) is 63.6 Å². The minimum atomic E-state index is 0.258. The van der Waals surface area contributed by atoms with Gasteiger partial charge in [0, 0.05) is 21.7 Å². The molecular weight excluding hydrogens is 348 g/mol. The highest BCUT2D eigenvalue weighted by Crippen LogP contribution is 2.30. The molecule has 21 heavy (non-hydrogen) atoms. The summed E-state index contributed by atoms with van der Waals surface area (Å²) < 4.78 is 3.15. The number of halogens is 1. The molecule has 0 spiro atoms. The summed E-state index contributed by atoms with van der Waals surface area (Å²) in [7, 11) is 0. The molecule has 1 N–H and O–H groups in total. The third kappa shape index (κ3) is 4.56. The Bertz CT molecular complexity index is 558. The molecule has 6 heteroatoms. The third-order valence-corrected chi connectivity index (χ3v) is 5.25. The smallest absolute Gasteiger partial charge is 0.0765 e. The van der Waals surface area contributed by atoms with Crippen molar-refractivity contribution in [3.8, 4) is 0 Å². The van der Waals surface area contributed by atoms with Crippen molar-refractivity contribution in [3.05, 3.63) is 40.6 Å². The van der Waals surface area contributed by atoms with Crippen molar-refractivity contribution in [2.45, 2.75) is 37.8 Å². The van der Waals surface area contributed by atoms with Gasteiger partial charge in [0.05, 0.1) is 17.9 Å². The Labute approximate surface area is 138 Å². The molecule has 0 saturated carbocycles. The lowest BCUT2D eigenvalue weighted by atomic mass is 10.2. The molecule has 0 radical (unpaired) electrons. The molecule has 4 nitrogen and oxygen atoms in total. The number of aromatic nitrogens is 3. The second kappa shape index (κ2) is 8.56. The molecule has 0 aliphatic rings. The standard InChI is InChI=1S/C15H21BrN4S/c1-3-9-20-14(10-18-19-20)13(17-4-2)11-21-15-8-6-5-7-12(15)16/h5-8,10,13,17H,3-4,9,11H2,1-2H3. The molecule has 0 aliphatic heterocycles. The molecule has 1 atom stereocenters. The Morgan fingerprint density at radius 2 is 2.14 bits per heavy atom. The zero-order valence-electron chi connectivity index (χ0n) is 12.4. The average molecular weight is 369 g/mol. The minimum absolute atomic E-state index is 0.258. The SMILES string of the molecule is CCCn1nncc1C(CSc1ccccc1Br)NCC. The number of rotatable bonds is 8. The van der Waals surface area contributed by atoms with Crippen LogP contribution in [0.2, 0.25) is 0 Å². The van der Waals surface area contributed by atoms with Crippen molar-refractivity contribution in [2.75, 3.05) is 12.3 Å². The predicted molar refractivity (Wildman–Crippen MR) is 91.6 cm³/mol. The molecule has 1 aromatic heterocycles. The van der Waals surface area contributed by atoms with Crippen LogP contribution in [0.3, 0.4) is 0 Å². The van der Waals surface area contributed by atoms with E-state index >= 15 is 0 Å². The molecule has 0 amide bonds. The van der Waals surface area contributed by atoms with Gasteiger partial charge in [0.1, 0.15) is 0 Å². The van der Waals surface area contributed by atoms with Crippen LogP contribution in [-0.4, -0.2) is 27.3 Å². The second-order valence-electron chi connectivity index (χ2n) is 4.73. The number of hydrogen-bond donors (Lipinski definition) is 1. The van der Waals surface area contributed by atoms with Crippen molar-refractivity contribution in [1.29, 1.82) is 0 Å². The van der Waals surface area contributed by atoms with E-state index in [1.807, 2.05) is 28.7 Å². The van der Waals surface area contributed by atoms with Crippen molar-refractivity contribution in [1.82, 2.24) is 20.3 Å². The second-order valence-corrected chi connectivity index (χ2v) is 6.65. The number of nitrogens with one attached hydrogen (secondary N) is 1. The van der Waals surface area contributed by atoms with Gasteiger partial charge in [0.25, 0.3) is 0 Å². The summed E-state index contributed by atoms with van der Waals surface area (Å²) >= 11 is 5.44. The van der Waals surface area contributed by atoms with Crippen molar-refractivity contribution in [3.63, 3.8) is 0 Å². The fourth-order valence-corrected chi connectivity index (χ4v) is 3.79. The first kappa shape index (κ1) is 16.5. The van der Waals surface area contributed by atoms with E-state index in [1.54, 1.807) is 0 Å². The van der Waals surface area contributed by atoms with Gasteiger partial charge in [-0.3, -0.25) is 0 Å². The highest BCUT2D eigenvalue weighted by molar-refractivity contribution is 9.10. The van der Waals surface area contributed by atoms with E-state index in [4.69, 9.17) is 0 Å². The van der Waals surface area contributed by atoms with Gasteiger partial charge in [-0.15, -0.1) is 16.9 Å². The molecule has 114 valence electrons. The van der Waals surface area contributed by atoms with Gasteiger partial charge in [0.15, 0.2) is 0 Å². The lowest BCUT2D eigenvalue weighted by molar-refractivity contribution is 0.501. The van der Waals surface area contributed by atoms with Crippen molar-refractivity contribution in [2.24, 2.45) is 0 Å². The van der Waals surface area contributed by atoms with E-state index in [1.165, 1.54) is 10.6 Å². The lowest BCUT2D eigenvalue weighted by Crippen LogP contribution is -2.25. The first-order valence-electron chi connectivity index (χ1n) is 7.25. The third-order valence-electron chi connectivity index (χ3n) is 3.13. The topological polar surface area (TPSA) is 42.7 Å². The molecule has 0 bridgehead atoms. The van der Waals surface area contributed by atoms with Crippen LogP contribution in [0.15, 0.2) is 39.8 Å². The fraction of sp³-hybridized carbons (Fsp3) is 0.467. The van der Waals surface area contributed by atoms with Crippen LogP contribution in [0, 0.1) is 0 Å². The Balaban J connectivity index is 2.08. The molecule has 2 aromatic rings. The van der Waals surface area contributed by atoms with Gasteiger partial charge in [-0.05, 0) is 41.0 Å². The number of aryl methyl sites for hydroxylation is 1. The van der Waals surface area contributed by atoms with E-state index < -0.39 is 0 Å². The zero-order valence-corrected chi connectivity index (χ0v) is 14.8. The van der Waals surface area contributed by atoms with Crippen LogP contribution in [0.25, 0.3) is 0 Å². The number of thioether (sulfide) groups is 1. The summed E-state index contributed by atoms with van der Waals surface area (Å²) in [4.78, 5) is 1.26. The van der Waals surface area contributed by atoms with Crippen LogP contribution < -0.4 is 5.32 Å². The summed E-state index contributed by atoms with van der Waals surface area (Å²) in [5.41, 5.74) is 1.17. The molecular formula is C15H21BrN4S. The maximum absolute atomic E-state index is 4.19. The van der Waals surface area contributed by atoms with Crippen LogP contribution in [0.4, 0.5) is 0 Å².